The number of rotatable bonds is 2. The van der Waals surface area contributed by atoms with Crippen molar-refractivity contribution in [1.29, 1.82) is 0 Å². The van der Waals surface area contributed by atoms with Crippen molar-refractivity contribution in [3.8, 4) is 0 Å². The second kappa shape index (κ2) is 4.55. The quantitative estimate of drug-likeness (QED) is 0.699. The second-order valence-corrected chi connectivity index (χ2v) is 4.02. The maximum Gasteiger partial charge on any atom is 0.237 e. The average Bonchev–Trinajstić information content (AvgIpc) is 2.62. The highest BCUT2D eigenvalue weighted by molar-refractivity contribution is 5.84. The molecule has 0 amide bonds. The summed E-state index contributed by atoms with van der Waals surface area (Å²) in [5, 5.41) is 3.84. The van der Waals surface area contributed by atoms with Crippen molar-refractivity contribution in [3.05, 3.63) is 11.7 Å². The van der Waals surface area contributed by atoms with Crippen LogP contribution in [0.25, 0.3) is 0 Å². The summed E-state index contributed by atoms with van der Waals surface area (Å²) in [6.45, 7) is 1.98. The number of carbonyl (C=O) groups excluding carboxylic acids is 1. The lowest BCUT2D eigenvalue weighted by Crippen LogP contribution is -2.10. The molecule has 1 aliphatic rings. The summed E-state index contributed by atoms with van der Waals surface area (Å²) >= 11 is 0. The minimum absolute atomic E-state index is 0.139. The van der Waals surface area contributed by atoms with Gasteiger partial charge in [0.15, 0.2) is 5.82 Å². The predicted octanol–water partition coefficient (Wildman–Crippen LogP) is 2.25. The van der Waals surface area contributed by atoms with E-state index in [1.165, 1.54) is 0 Å². The Bertz CT molecular complexity index is 346. The smallest absolute Gasteiger partial charge is 0.237 e. The van der Waals surface area contributed by atoms with Crippen molar-refractivity contribution in [1.82, 2.24) is 10.1 Å². The van der Waals surface area contributed by atoms with E-state index < -0.39 is 0 Å². The molecule has 82 valence electrons. The molecular weight excluding hydrogens is 192 g/mol. The van der Waals surface area contributed by atoms with Gasteiger partial charge in [0.25, 0.3) is 0 Å². The Morgan fingerprint density at radius 2 is 2.27 bits per heavy atom. The molecule has 15 heavy (non-hydrogen) atoms. The van der Waals surface area contributed by atoms with Gasteiger partial charge in [-0.3, -0.25) is 4.79 Å². The largest absolute Gasteiger partial charge is 0.339 e. The van der Waals surface area contributed by atoms with Crippen molar-refractivity contribution in [2.24, 2.45) is 0 Å². The van der Waals surface area contributed by atoms with Crippen LogP contribution in [-0.2, 0) is 11.2 Å². The number of ketones is 1. The number of Topliss-reactive ketones (excluding diaryl/α,β-unsaturated/α-hetero) is 1. The van der Waals surface area contributed by atoms with Gasteiger partial charge in [0.2, 0.25) is 5.89 Å². The SMILES string of the molecule is CCc1noc(C2CCCCCC2=O)n1. The van der Waals surface area contributed by atoms with Gasteiger partial charge in [0.05, 0.1) is 5.92 Å². The number of carbonyl (C=O) groups is 1. The molecule has 1 aromatic heterocycles. The highest BCUT2D eigenvalue weighted by Crippen LogP contribution is 2.27. The molecule has 2 rings (SSSR count). The van der Waals surface area contributed by atoms with E-state index in [0.29, 0.717) is 18.1 Å². The zero-order valence-corrected chi connectivity index (χ0v) is 9.03. The van der Waals surface area contributed by atoms with E-state index in [9.17, 15) is 4.79 Å². The lowest BCUT2D eigenvalue weighted by atomic mass is 9.99. The van der Waals surface area contributed by atoms with E-state index in [-0.39, 0.29) is 11.7 Å². The average molecular weight is 208 g/mol. The zero-order valence-electron chi connectivity index (χ0n) is 9.03. The third kappa shape index (κ3) is 2.25. The Labute approximate surface area is 89.1 Å². The maximum absolute atomic E-state index is 11.8. The molecule has 0 aliphatic heterocycles. The van der Waals surface area contributed by atoms with E-state index >= 15 is 0 Å². The molecule has 1 unspecified atom stereocenters. The lowest BCUT2D eigenvalue weighted by Gasteiger charge is -2.06. The van der Waals surface area contributed by atoms with Crippen LogP contribution in [0.5, 0.6) is 0 Å². The van der Waals surface area contributed by atoms with E-state index in [1.54, 1.807) is 0 Å². The van der Waals surface area contributed by atoms with Crippen molar-refractivity contribution in [2.75, 3.05) is 0 Å². The molecular formula is C11H16N2O2. The first-order valence-electron chi connectivity index (χ1n) is 5.66. The summed E-state index contributed by atoms with van der Waals surface area (Å²) in [5.74, 6) is 1.35. The minimum atomic E-state index is -0.139. The van der Waals surface area contributed by atoms with Crippen molar-refractivity contribution >= 4 is 5.78 Å². The summed E-state index contributed by atoms with van der Waals surface area (Å²) < 4.78 is 5.14. The topological polar surface area (TPSA) is 56.0 Å². The van der Waals surface area contributed by atoms with Gasteiger partial charge in [-0.15, -0.1) is 0 Å². The monoisotopic (exact) mass is 208 g/mol. The molecule has 1 saturated carbocycles. The Morgan fingerprint density at radius 3 is 3.00 bits per heavy atom. The Hall–Kier alpha value is -1.19. The molecule has 4 heteroatoms. The predicted molar refractivity (Wildman–Crippen MR) is 54.5 cm³/mol. The molecule has 1 fully saturated rings. The third-order valence-corrected chi connectivity index (χ3v) is 2.90. The van der Waals surface area contributed by atoms with Crippen molar-refractivity contribution in [2.45, 2.75) is 51.4 Å². The highest BCUT2D eigenvalue weighted by atomic mass is 16.5. The lowest BCUT2D eigenvalue weighted by molar-refractivity contribution is -0.120. The van der Waals surface area contributed by atoms with Crippen LogP contribution in [0.15, 0.2) is 4.52 Å². The number of aromatic nitrogens is 2. The Kier molecular flexibility index (Phi) is 3.14. The van der Waals surface area contributed by atoms with E-state index in [2.05, 4.69) is 10.1 Å². The fourth-order valence-electron chi connectivity index (χ4n) is 1.97. The molecule has 0 aromatic carbocycles. The fourth-order valence-corrected chi connectivity index (χ4v) is 1.97. The van der Waals surface area contributed by atoms with Gasteiger partial charge in [-0.25, -0.2) is 0 Å². The Morgan fingerprint density at radius 1 is 1.40 bits per heavy atom. The molecule has 1 aromatic rings. The molecule has 0 radical (unpaired) electrons. The summed E-state index contributed by atoms with van der Waals surface area (Å²) in [7, 11) is 0. The minimum Gasteiger partial charge on any atom is -0.339 e. The zero-order chi connectivity index (χ0) is 10.7. The number of hydrogen-bond acceptors (Lipinski definition) is 4. The van der Waals surface area contributed by atoms with Gasteiger partial charge in [-0.2, -0.15) is 4.98 Å². The summed E-state index contributed by atoms with van der Waals surface area (Å²) in [4.78, 5) is 16.0. The molecule has 0 saturated heterocycles. The number of nitrogens with zero attached hydrogens (tertiary/aromatic N) is 2. The summed E-state index contributed by atoms with van der Waals surface area (Å²) in [6, 6.07) is 0. The van der Waals surface area contributed by atoms with Crippen LogP contribution in [0.2, 0.25) is 0 Å². The molecule has 1 heterocycles. The Balaban J connectivity index is 2.16. The first-order valence-corrected chi connectivity index (χ1v) is 5.66. The first-order chi connectivity index (χ1) is 7.31. The van der Waals surface area contributed by atoms with Crippen molar-refractivity contribution in [3.63, 3.8) is 0 Å². The normalized spacial score (nSPS) is 22.7. The fraction of sp³-hybridized carbons (Fsp3) is 0.727. The van der Waals surface area contributed by atoms with E-state index in [1.807, 2.05) is 6.92 Å². The first kappa shape index (κ1) is 10.3. The van der Waals surface area contributed by atoms with Gasteiger partial charge in [-0.05, 0) is 12.8 Å². The van der Waals surface area contributed by atoms with Gasteiger partial charge in [0, 0.05) is 12.8 Å². The van der Waals surface area contributed by atoms with Gasteiger partial charge < -0.3 is 4.52 Å². The highest BCUT2D eigenvalue weighted by Gasteiger charge is 2.27. The standard InChI is InChI=1S/C11H16N2O2/c1-2-10-12-11(15-13-10)8-6-4-3-5-7-9(8)14/h8H,2-7H2,1H3. The van der Waals surface area contributed by atoms with Crippen LogP contribution in [0.1, 0.15) is 56.7 Å². The molecule has 0 bridgehead atoms. The van der Waals surface area contributed by atoms with Crippen LogP contribution in [-0.4, -0.2) is 15.9 Å². The molecule has 4 nitrogen and oxygen atoms in total. The van der Waals surface area contributed by atoms with E-state index in [0.717, 1.165) is 32.1 Å². The molecule has 0 N–H and O–H groups in total. The summed E-state index contributed by atoms with van der Waals surface area (Å²) in [5.41, 5.74) is 0. The van der Waals surface area contributed by atoms with E-state index in [4.69, 9.17) is 4.52 Å². The molecule has 1 aliphatic carbocycles. The van der Waals surface area contributed by atoms with Crippen LogP contribution in [0.3, 0.4) is 0 Å². The van der Waals surface area contributed by atoms with Crippen LogP contribution < -0.4 is 0 Å². The summed E-state index contributed by atoms with van der Waals surface area (Å²) in [6.07, 6.45) is 5.50. The van der Waals surface area contributed by atoms with Gasteiger partial charge >= 0.3 is 0 Å². The van der Waals surface area contributed by atoms with Crippen LogP contribution in [0, 0.1) is 0 Å². The van der Waals surface area contributed by atoms with Crippen molar-refractivity contribution < 1.29 is 9.32 Å². The van der Waals surface area contributed by atoms with Gasteiger partial charge in [0.1, 0.15) is 5.78 Å². The number of hydrogen-bond donors (Lipinski definition) is 0. The molecule has 1 atom stereocenters. The maximum atomic E-state index is 11.8. The second-order valence-electron chi connectivity index (χ2n) is 4.02. The van der Waals surface area contributed by atoms with Crippen LogP contribution >= 0.6 is 0 Å². The molecule has 0 spiro atoms. The van der Waals surface area contributed by atoms with Gasteiger partial charge in [-0.1, -0.05) is 24.9 Å². The third-order valence-electron chi connectivity index (χ3n) is 2.90. The number of aryl methyl sites for hydroxylation is 1. The van der Waals surface area contributed by atoms with Crippen LogP contribution in [0.4, 0.5) is 0 Å².